The summed E-state index contributed by atoms with van der Waals surface area (Å²) in [6.07, 6.45) is 4.46. The summed E-state index contributed by atoms with van der Waals surface area (Å²) >= 11 is 0. The lowest BCUT2D eigenvalue weighted by atomic mass is 10.4. The zero-order valence-corrected chi connectivity index (χ0v) is 7.64. The largest absolute Gasteiger partial charge is 0.465 e. The molecule has 0 unspecified atom stereocenters. The lowest BCUT2D eigenvalue weighted by molar-refractivity contribution is -0.142. The molecule has 3 heteroatoms. The molecular formula is C9H17NO2. The molecule has 12 heavy (non-hydrogen) atoms. The lowest BCUT2D eigenvalue weighted by Gasteiger charge is -2.03. The van der Waals surface area contributed by atoms with Gasteiger partial charge in [0, 0.05) is 6.04 Å². The van der Waals surface area contributed by atoms with Gasteiger partial charge in [-0.05, 0) is 19.3 Å². The van der Waals surface area contributed by atoms with Crippen LogP contribution in [0.5, 0.6) is 0 Å². The van der Waals surface area contributed by atoms with Crippen molar-refractivity contribution in [3.63, 3.8) is 0 Å². The van der Waals surface area contributed by atoms with Gasteiger partial charge in [-0.25, -0.2) is 0 Å². The highest BCUT2D eigenvalue weighted by Gasteiger charge is 2.21. The molecule has 1 rings (SSSR count). The average molecular weight is 171 g/mol. The quantitative estimate of drug-likeness (QED) is 0.480. The number of nitrogens with one attached hydrogen (secondary N) is 1. The molecule has 0 aliphatic heterocycles. The molecule has 0 aromatic heterocycles. The number of esters is 1. The van der Waals surface area contributed by atoms with Crippen molar-refractivity contribution in [2.45, 2.75) is 38.6 Å². The third kappa shape index (κ3) is 4.34. The number of carbonyl (C=O) groups is 1. The Labute approximate surface area is 73.5 Å². The van der Waals surface area contributed by atoms with Crippen LogP contribution in [0.3, 0.4) is 0 Å². The molecule has 1 aliphatic carbocycles. The van der Waals surface area contributed by atoms with Gasteiger partial charge in [-0.2, -0.15) is 0 Å². The van der Waals surface area contributed by atoms with Crippen molar-refractivity contribution in [1.29, 1.82) is 0 Å². The van der Waals surface area contributed by atoms with E-state index >= 15 is 0 Å². The van der Waals surface area contributed by atoms with Gasteiger partial charge in [0.1, 0.15) is 0 Å². The van der Waals surface area contributed by atoms with Gasteiger partial charge in [0.05, 0.1) is 13.2 Å². The van der Waals surface area contributed by atoms with Gasteiger partial charge < -0.3 is 10.1 Å². The summed E-state index contributed by atoms with van der Waals surface area (Å²) in [6, 6.07) is 0.587. The molecule has 1 fully saturated rings. The first kappa shape index (κ1) is 9.52. The monoisotopic (exact) mass is 171 g/mol. The first-order chi connectivity index (χ1) is 5.83. The normalized spacial score (nSPS) is 16.1. The van der Waals surface area contributed by atoms with Gasteiger partial charge in [-0.15, -0.1) is 0 Å². The molecule has 0 aromatic carbocycles. The molecule has 3 nitrogen and oxygen atoms in total. The van der Waals surface area contributed by atoms with Crippen molar-refractivity contribution >= 4 is 5.97 Å². The van der Waals surface area contributed by atoms with Crippen LogP contribution in [0.4, 0.5) is 0 Å². The predicted octanol–water partition coefficient (Wildman–Crippen LogP) is 1.08. The molecule has 0 aromatic rings. The van der Waals surface area contributed by atoms with Gasteiger partial charge in [0.2, 0.25) is 0 Å². The van der Waals surface area contributed by atoms with Crippen molar-refractivity contribution in [3.05, 3.63) is 0 Å². The Morgan fingerprint density at radius 1 is 1.58 bits per heavy atom. The maximum atomic E-state index is 11.0. The SMILES string of the molecule is CCCCOC(=O)CNC1CC1. The van der Waals surface area contributed by atoms with Crippen molar-refractivity contribution in [3.8, 4) is 0 Å². The zero-order valence-electron chi connectivity index (χ0n) is 7.64. The highest BCUT2D eigenvalue weighted by atomic mass is 16.5. The minimum Gasteiger partial charge on any atom is -0.465 e. The molecular weight excluding hydrogens is 154 g/mol. The van der Waals surface area contributed by atoms with Gasteiger partial charge in [0.25, 0.3) is 0 Å². The van der Waals surface area contributed by atoms with E-state index < -0.39 is 0 Å². The molecule has 1 aliphatic rings. The molecule has 0 heterocycles. The molecule has 70 valence electrons. The van der Waals surface area contributed by atoms with E-state index in [4.69, 9.17) is 4.74 Å². The summed E-state index contributed by atoms with van der Waals surface area (Å²) in [4.78, 5) is 11.0. The van der Waals surface area contributed by atoms with E-state index in [1.807, 2.05) is 0 Å². The molecule has 1 N–H and O–H groups in total. The van der Waals surface area contributed by atoms with Crippen LogP contribution in [-0.2, 0) is 9.53 Å². The molecule has 1 saturated carbocycles. The fraction of sp³-hybridized carbons (Fsp3) is 0.889. The fourth-order valence-corrected chi connectivity index (χ4v) is 0.897. The van der Waals surface area contributed by atoms with Crippen LogP contribution in [0.15, 0.2) is 0 Å². The Morgan fingerprint density at radius 2 is 2.33 bits per heavy atom. The van der Waals surface area contributed by atoms with Crippen LogP contribution < -0.4 is 5.32 Å². The Balaban J connectivity index is 1.88. The van der Waals surface area contributed by atoms with Crippen LogP contribution in [0, 0.1) is 0 Å². The third-order valence-electron chi connectivity index (χ3n) is 1.87. The van der Waals surface area contributed by atoms with E-state index in [0.29, 0.717) is 19.2 Å². The predicted molar refractivity (Wildman–Crippen MR) is 46.9 cm³/mol. The van der Waals surface area contributed by atoms with Gasteiger partial charge in [0.15, 0.2) is 0 Å². The third-order valence-corrected chi connectivity index (χ3v) is 1.87. The Bertz CT molecular complexity index is 143. The van der Waals surface area contributed by atoms with E-state index in [0.717, 1.165) is 12.8 Å². The first-order valence-electron chi connectivity index (χ1n) is 4.72. The van der Waals surface area contributed by atoms with Crippen LogP contribution in [0.1, 0.15) is 32.6 Å². The molecule has 0 radical (unpaired) electrons. The molecule has 0 atom stereocenters. The van der Waals surface area contributed by atoms with Gasteiger partial charge >= 0.3 is 5.97 Å². The van der Waals surface area contributed by atoms with Crippen molar-refractivity contribution < 1.29 is 9.53 Å². The highest BCUT2D eigenvalue weighted by molar-refractivity contribution is 5.71. The number of unbranched alkanes of at least 4 members (excludes halogenated alkanes) is 1. The topological polar surface area (TPSA) is 38.3 Å². The number of rotatable bonds is 6. The molecule has 0 amide bonds. The Morgan fingerprint density at radius 3 is 2.92 bits per heavy atom. The standard InChI is InChI=1S/C9H17NO2/c1-2-3-6-12-9(11)7-10-8-4-5-8/h8,10H,2-7H2,1H3. The lowest BCUT2D eigenvalue weighted by Crippen LogP contribution is -2.26. The van der Waals surface area contributed by atoms with Crippen LogP contribution in [0.2, 0.25) is 0 Å². The van der Waals surface area contributed by atoms with Crippen LogP contribution in [-0.4, -0.2) is 25.2 Å². The number of carbonyl (C=O) groups excluding carboxylic acids is 1. The minimum absolute atomic E-state index is 0.115. The van der Waals surface area contributed by atoms with Crippen molar-refractivity contribution in [1.82, 2.24) is 5.32 Å². The van der Waals surface area contributed by atoms with Gasteiger partial charge in [-0.1, -0.05) is 13.3 Å². The number of hydrogen-bond donors (Lipinski definition) is 1. The minimum atomic E-state index is -0.115. The Kier molecular flexibility index (Phi) is 4.08. The Hall–Kier alpha value is -0.570. The second-order valence-electron chi connectivity index (χ2n) is 3.23. The zero-order chi connectivity index (χ0) is 8.81. The summed E-state index contributed by atoms with van der Waals surface area (Å²) in [5, 5.41) is 3.11. The van der Waals surface area contributed by atoms with E-state index in [9.17, 15) is 4.79 Å². The fourth-order valence-electron chi connectivity index (χ4n) is 0.897. The maximum absolute atomic E-state index is 11.0. The maximum Gasteiger partial charge on any atom is 0.319 e. The molecule has 0 saturated heterocycles. The summed E-state index contributed by atoms with van der Waals surface area (Å²) in [6.45, 7) is 3.03. The molecule has 0 spiro atoms. The van der Waals surface area contributed by atoms with Crippen molar-refractivity contribution in [2.75, 3.05) is 13.2 Å². The second-order valence-corrected chi connectivity index (χ2v) is 3.23. The van der Waals surface area contributed by atoms with Gasteiger partial charge in [-0.3, -0.25) is 4.79 Å². The molecule has 0 bridgehead atoms. The summed E-state index contributed by atoms with van der Waals surface area (Å²) in [7, 11) is 0. The summed E-state index contributed by atoms with van der Waals surface area (Å²) < 4.78 is 4.96. The average Bonchev–Trinajstić information content (AvgIpc) is 2.84. The second kappa shape index (κ2) is 5.14. The summed E-state index contributed by atoms with van der Waals surface area (Å²) in [5.74, 6) is -0.115. The number of hydrogen-bond acceptors (Lipinski definition) is 3. The van der Waals surface area contributed by atoms with E-state index in [1.54, 1.807) is 0 Å². The van der Waals surface area contributed by atoms with Crippen LogP contribution >= 0.6 is 0 Å². The van der Waals surface area contributed by atoms with E-state index in [1.165, 1.54) is 12.8 Å². The highest BCUT2D eigenvalue weighted by Crippen LogP contribution is 2.17. The van der Waals surface area contributed by atoms with Crippen molar-refractivity contribution in [2.24, 2.45) is 0 Å². The summed E-state index contributed by atoms with van der Waals surface area (Å²) in [5.41, 5.74) is 0. The van der Waals surface area contributed by atoms with E-state index in [-0.39, 0.29) is 5.97 Å². The van der Waals surface area contributed by atoms with Crippen LogP contribution in [0.25, 0.3) is 0 Å². The van der Waals surface area contributed by atoms with E-state index in [2.05, 4.69) is 12.2 Å². The first-order valence-corrected chi connectivity index (χ1v) is 4.72. The number of ether oxygens (including phenoxy) is 1. The smallest absolute Gasteiger partial charge is 0.319 e.